The number of benzene rings is 1. The van der Waals surface area contributed by atoms with Crippen molar-refractivity contribution in [3.8, 4) is 0 Å². The number of aryl methyl sites for hydroxylation is 1. The summed E-state index contributed by atoms with van der Waals surface area (Å²) >= 11 is 0. The third-order valence-electron chi connectivity index (χ3n) is 5.30. The van der Waals surface area contributed by atoms with E-state index in [1.807, 2.05) is 30.3 Å². The molecule has 0 aliphatic rings. The van der Waals surface area contributed by atoms with Gasteiger partial charge in [-0.1, -0.05) is 30.3 Å². The number of pyridine rings is 1. The third kappa shape index (κ3) is 6.10. The number of anilines is 2. The van der Waals surface area contributed by atoms with Crippen LogP contribution < -0.4 is 10.6 Å². The first-order valence-electron chi connectivity index (χ1n) is 10.9. The van der Waals surface area contributed by atoms with E-state index in [0.29, 0.717) is 42.0 Å². The molecule has 0 radical (unpaired) electrons. The number of nitrogens with one attached hydrogen (secondary N) is 2. The number of carbonyl (C=O) groups excluding carboxylic acids is 2. The van der Waals surface area contributed by atoms with Gasteiger partial charge in [0.1, 0.15) is 5.65 Å². The topological polar surface area (TPSA) is 135 Å². The molecule has 1 amide bonds. The Morgan fingerprint density at radius 2 is 1.97 bits per heavy atom. The van der Waals surface area contributed by atoms with E-state index < -0.39 is 12.1 Å². The second-order valence-corrected chi connectivity index (χ2v) is 7.71. The van der Waals surface area contributed by atoms with E-state index in [9.17, 15) is 14.7 Å². The fourth-order valence-corrected chi connectivity index (χ4v) is 3.56. The second-order valence-electron chi connectivity index (χ2n) is 7.71. The maximum Gasteiger partial charge on any atom is 0.356 e. The summed E-state index contributed by atoms with van der Waals surface area (Å²) in [5, 5.41) is 25.1. The molecule has 3 aromatic rings. The van der Waals surface area contributed by atoms with Gasteiger partial charge in [-0.2, -0.15) is 0 Å². The average molecular weight is 471 g/mol. The molecule has 34 heavy (non-hydrogen) atoms. The van der Waals surface area contributed by atoms with Crippen LogP contribution in [0.4, 0.5) is 11.4 Å². The lowest BCUT2D eigenvalue weighted by Crippen LogP contribution is -2.22. The molecule has 2 heterocycles. The van der Waals surface area contributed by atoms with Gasteiger partial charge in [-0.05, 0) is 18.1 Å². The number of aliphatic hydroxyl groups is 2. The molecular weight excluding hydrogens is 440 g/mol. The van der Waals surface area contributed by atoms with Crippen LogP contribution in [0.25, 0.3) is 11.0 Å². The number of aromatic nitrogens is 2. The highest BCUT2D eigenvalue weighted by molar-refractivity contribution is 6.11. The summed E-state index contributed by atoms with van der Waals surface area (Å²) in [6.07, 6.45) is 1.39. The van der Waals surface area contributed by atoms with Crippen molar-refractivity contribution in [1.29, 1.82) is 0 Å². The summed E-state index contributed by atoms with van der Waals surface area (Å²) in [6.45, 7) is 0.363. The van der Waals surface area contributed by atoms with E-state index in [0.717, 1.165) is 5.56 Å². The van der Waals surface area contributed by atoms with Crippen LogP contribution in [0.5, 0.6) is 0 Å². The first-order valence-corrected chi connectivity index (χ1v) is 10.9. The number of carbonyl (C=O) groups is 2. The van der Waals surface area contributed by atoms with E-state index >= 15 is 0 Å². The first-order chi connectivity index (χ1) is 16.5. The summed E-state index contributed by atoms with van der Waals surface area (Å²) in [5.41, 5.74) is 2.53. The van der Waals surface area contributed by atoms with Gasteiger partial charge < -0.3 is 34.9 Å². The Balaban J connectivity index is 1.98. The molecule has 10 nitrogen and oxygen atoms in total. The highest BCUT2D eigenvalue weighted by Crippen LogP contribution is 2.33. The van der Waals surface area contributed by atoms with Gasteiger partial charge in [-0.15, -0.1) is 0 Å². The maximum absolute atomic E-state index is 12.9. The van der Waals surface area contributed by atoms with Gasteiger partial charge >= 0.3 is 5.97 Å². The quantitative estimate of drug-likeness (QED) is 0.294. The monoisotopic (exact) mass is 470 g/mol. The molecule has 1 aromatic carbocycles. The lowest BCUT2D eigenvalue weighted by atomic mass is 10.1. The largest absolute Gasteiger partial charge is 0.464 e. The molecule has 0 unspecified atom stereocenters. The van der Waals surface area contributed by atoms with E-state index in [2.05, 4.69) is 15.6 Å². The number of rotatable bonds is 12. The number of fused-ring (bicyclic) bond motifs is 1. The summed E-state index contributed by atoms with van der Waals surface area (Å²) in [5.74, 6) is -0.869. The molecule has 0 aliphatic heterocycles. The summed E-state index contributed by atoms with van der Waals surface area (Å²) < 4.78 is 11.9. The number of hydrogen-bond acceptors (Lipinski definition) is 8. The molecule has 0 aliphatic carbocycles. The highest BCUT2D eigenvalue weighted by Gasteiger charge is 2.26. The second kappa shape index (κ2) is 12.1. The number of esters is 1. The van der Waals surface area contributed by atoms with Crippen molar-refractivity contribution in [1.82, 2.24) is 9.55 Å². The molecule has 4 N–H and O–H groups in total. The Bertz CT molecular complexity index is 1120. The molecule has 1 atom stereocenters. The molecule has 0 spiro atoms. The van der Waals surface area contributed by atoms with Gasteiger partial charge in [0.05, 0.1) is 44.0 Å². The Morgan fingerprint density at radius 3 is 2.65 bits per heavy atom. The summed E-state index contributed by atoms with van der Waals surface area (Å²) in [6, 6.07) is 11.4. The Kier molecular flexibility index (Phi) is 8.97. The summed E-state index contributed by atoms with van der Waals surface area (Å²) in [7, 11) is 2.83. The molecular formula is C24H30N4O6. The van der Waals surface area contributed by atoms with Crippen LogP contribution in [0.3, 0.4) is 0 Å². The fraction of sp³-hybridized carbons (Fsp3) is 0.375. The molecule has 0 saturated carbocycles. The van der Waals surface area contributed by atoms with Crippen LogP contribution in [-0.2, 0) is 27.2 Å². The van der Waals surface area contributed by atoms with Crippen molar-refractivity contribution in [2.24, 2.45) is 0 Å². The first kappa shape index (κ1) is 25.2. The molecule has 10 heteroatoms. The van der Waals surface area contributed by atoms with E-state index in [1.165, 1.54) is 7.11 Å². The van der Waals surface area contributed by atoms with Crippen molar-refractivity contribution >= 4 is 34.3 Å². The van der Waals surface area contributed by atoms with E-state index in [-0.39, 0.29) is 31.2 Å². The van der Waals surface area contributed by atoms with E-state index in [1.54, 1.807) is 23.9 Å². The van der Waals surface area contributed by atoms with Gasteiger partial charge in [-0.3, -0.25) is 4.79 Å². The number of methoxy groups -OCH3 is 2. The zero-order chi connectivity index (χ0) is 24.5. The molecule has 0 fully saturated rings. The lowest BCUT2D eigenvalue weighted by molar-refractivity contribution is -0.116. The van der Waals surface area contributed by atoms with Crippen molar-refractivity contribution in [3.05, 3.63) is 53.9 Å². The highest BCUT2D eigenvalue weighted by atomic mass is 16.5. The maximum atomic E-state index is 12.9. The zero-order valence-corrected chi connectivity index (χ0v) is 19.3. The fourth-order valence-electron chi connectivity index (χ4n) is 3.56. The molecule has 0 bridgehead atoms. The van der Waals surface area contributed by atoms with Crippen molar-refractivity contribution < 1.29 is 29.3 Å². The van der Waals surface area contributed by atoms with Gasteiger partial charge in [-0.25, -0.2) is 9.78 Å². The van der Waals surface area contributed by atoms with Crippen LogP contribution in [0.2, 0.25) is 0 Å². The van der Waals surface area contributed by atoms with E-state index in [4.69, 9.17) is 14.6 Å². The number of hydrogen-bond donors (Lipinski definition) is 4. The Labute approximate surface area is 197 Å². The van der Waals surface area contributed by atoms with Gasteiger partial charge in [0.15, 0.2) is 5.69 Å². The third-order valence-corrected chi connectivity index (χ3v) is 5.30. The van der Waals surface area contributed by atoms with Crippen LogP contribution >= 0.6 is 0 Å². The minimum absolute atomic E-state index is 0.108. The molecule has 182 valence electrons. The van der Waals surface area contributed by atoms with Crippen molar-refractivity contribution in [2.45, 2.75) is 25.5 Å². The van der Waals surface area contributed by atoms with Crippen LogP contribution in [0.15, 0.2) is 42.6 Å². The molecule has 2 aromatic heterocycles. The number of aliphatic hydroxyl groups excluding tert-OH is 2. The molecule has 0 saturated heterocycles. The lowest BCUT2D eigenvalue weighted by Gasteiger charge is -2.10. The Morgan fingerprint density at radius 1 is 1.21 bits per heavy atom. The van der Waals surface area contributed by atoms with Gasteiger partial charge in [0.2, 0.25) is 5.91 Å². The standard InChI is InChI=1S/C24H30N4O6/c1-33-11-10-28-22(24(32)34-2)21(27-20(31)9-8-16-6-4-3-5-7-16)19-12-17(13-26-23(19)28)25-14-18(30)15-29/h3-7,12-13,18,25,29-30H,8-11,14-15H2,1-2H3,(H,27,31)/t18-/m1/s1. The van der Waals surface area contributed by atoms with Crippen molar-refractivity contribution in [2.75, 3.05) is 44.6 Å². The number of nitrogens with zero attached hydrogens (tertiary/aromatic N) is 2. The van der Waals surface area contributed by atoms with Crippen LogP contribution in [-0.4, -0.2) is 71.7 Å². The predicted octanol–water partition coefficient (Wildman–Crippen LogP) is 1.81. The smallest absolute Gasteiger partial charge is 0.356 e. The number of ether oxygens (including phenoxy) is 2. The predicted molar refractivity (Wildman–Crippen MR) is 128 cm³/mol. The minimum atomic E-state index is -0.940. The minimum Gasteiger partial charge on any atom is -0.464 e. The normalized spacial score (nSPS) is 11.9. The van der Waals surface area contributed by atoms with Gasteiger partial charge in [0, 0.05) is 32.0 Å². The SMILES string of the molecule is COCCn1c(C(=O)OC)c(NC(=O)CCc2ccccc2)c2cc(NC[C@@H](O)CO)cnc21. The average Bonchev–Trinajstić information content (AvgIpc) is 3.17. The summed E-state index contributed by atoms with van der Waals surface area (Å²) in [4.78, 5) is 30.1. The zero-order valence-electron chi connectivity index (χ0n) is 19.3. The number of amides is 1. The van der Waals surface area contributed by atoms with Crippen LogP contribution in [0, 0.1) is 0 Å². The van der Waals surface area contributed by atoms with Gasteiger partial charge in [0.25, 0.3) is 0 Å². The Hall–Kier alpha value is -3.47. The van der Waals surface area contributed by atoms with Crippen molar-refractivity contribution in [3.63, 3.8) is 0 Å². The van der Waals surface area contributed by atoms with Crippen LogP contribution in [0.1, 0.15) is 22.5 Å². The molecule has 3 rings (SSSR count).